The van der Waals surface area contributed by atoms with Crippen molar-refractivity contribution in [1.29, 1.82) is 0 Å². The van der Waals surface area contributed by atoms with Crippen LogP contribution < -0.4 is 0 Å². The monoisotopic (exact) mass is 402 g/mol. The zero-order valence-corrected chi connectivity index (χ0v) is 16.9. The van der Waals surface area contributed by atoms with Crippen LogP contribution in [-0.4, -0.2) is 22.5 Å². The van der Waals surface area contributed by atoms with E-state index in [-0.39, 0.29) is 11.2 Å². The molecule has 0 aromatic heterocycles. The molecule has 0 radical (unpaired) electrons. The highest BCUT2D eigenvalue weighted by Gasteiger charge is 2.52. The fraction of sp³-hybridized carbons (Fsp3) is 0.385. The number of carboxylic acid groups (broad SMARTS) is 1. The zero-order valence-electron chi connectivity index (χ0n) is 16.9. The molecule has 4 aliphatic rings. The van der Waals surface area contributed by atoms with Crippen molar-refractivity contribution >= 4 is 18.3 Å². The van der Waals surface area contributed by atoms with E-state index in [0.29, 0.717) is 5.56 Å². The number of carboxylic acids is 1. The predicted octanol–water partition coefficient (Wildman–Crippen LogP) is 5.44. The van der Waals surface area contributed by atoms with E-state index in [4.69, 9.17) is 5.11 Å². The van der Waals surface area contributed by atoms with Crippen LogP contribution in [-0.2, 0) is 10.2 Å². The van der Waals surface area contributed by atoms with Gasteiger partial charge in [-0.25, -0.2) is 4.79 Å². The van der Waals surface area contributed by atoms with Crippen LogP contribution in [0.1, 0.15) is 60.0 Å². The lowest BCUT2D eigenvalue weighted by atomic mass is 9.48. The minimum absolute atomic E-state index is 0.00321. The van der Waals surface area contributed by atoms with Crippen LogP contribution in [0.3, 0.4) is 0 Å². The van der Waals surface area contributed by atoms with E-state index in [9.17, 15) is 14.7 Å². The molecule has 4 nitrogen and oxygen atoms in total. The molecule has 0 saturated heterocycles. The largest absolute Gasteiger partial charge is 0.507 e. The van der Waals surface area contributed by atoms with Crippen LogP contribution in [0.5, 0.6) is 5.75 Å². The summed E-state index contributed by atoms with van der Waals surface area (Å²) in [4.78, 5) is 22.5. The molecule has 4 fully saturated rings. The summed E-state index contributed by atoms with van der Waals surface area (Å²) >= 11 is 0. The Morgan fingerprint density at radius 3 is 2.07 bits per heavy atom. The van der Waals surface area contributed by atoms with Gasteiger partial charge in [0.15, 0.2) is 6.29 Å². The summed E-state index contributed by atoms with van der Waals surface area (Å²) in [6, 6.07) is 11.5. The second-order valence-corrected chi connectivity index (χ2v) is 9.57. The molecule has 2 aromatic carbocycles. The van der Waals surface area contributed by atoms with E-state index in [1.54, 1.807) is 12.1 Å². The molecule has 0 unspecified atom stereocenters. The molecule has 6 rings (SSSR count). The number of carbonyl (C=O) groups excluding carboxylic acids is 1. The van der Waals surface area contributed by atoms with Gasteiger partial charge in [-0.3, -0.25) is 4.79 Å². The van der Waals surface area contributed by atoms with E-state index >= 15 is 0 Å². The molecule has 4 bridgehead atoms. The zero-order chi connectivity index (χ0) is 20.9. The Hall–Kier alpha value is -2.88. The molecule has 2 N–H and O–H groups in total. The Balaban J connectivity index is 1.55. The summed E-state index contributed by atoms with van der Waals surface area (Å²) in [5, 5.41) is 19.8. The number of hydrogen-bond donors (Lipinski definition) is 2. The lowest BCUT2D eigenvalue weighted by molar-refractivity contribution is -0.131. The summed E-state index contributed by atoms with van der Waals surface area (Å²) in [7, 11) is 0. The van der Waals surface area contributed by atoms with Gasteiger partial charge in [0, 0.05) is 11.6 Å². The molecule has 154 valence electrons. The molecule has 2 aromatic rings. The van der Waals surface area contributed by atoms with Crippen molar-refractivity contribution in [2.24, 2.45) is 17.8 Å². The first-order valence-corrected chi connectivity index (χ1v) is 10.8. The Morgan fingerprint density at radius 2 is 1.53 bits per heavy atom. The van der Waals surface area contributed by atoms with E-state index in [2.05, 4.69) is 6.07 Å². The SMILES string of the molecule is O=Cc1cc(-c2ccc(/C=C/C(=O)O)cc2)cc(C23CC4CC(CC(C4)C2)C3)c1O. The van der Waals surface area contributed by atoms with Gasteiger partial charge in [0.05, 0.1) is 5.56 Å². The minimum atomic E-state index is -0.978. The Labute approximate surface area is 176 Å². The Morgan fingerprint density at radius 1 is 0.933 bits per heavy atom. The topological polar surface area (TPSA) is 74.6 Å². The summed E-state index contributed by atoms with van der Waals surface area (Å²) in [6.07, 6.45) is 10.8. The summed E-state index contributed by atoms with van der Waals surface area (Å²) in [5.74, 6) is 1.43. The van der Waals surface area contributed by atoms with Gasteiger partial charge >= 0.3 is 5.97 Å². The van der Waals surface area contributed by atoms with Crippen LogP contribution in [0.15, 0.2) is 42.5 Å². The maximum atomic E-state index is 11.8. The fourth-order valence-corrected chi connectivity index (χ4v) is 6.71. The van der Waals surface area contributed by atoms with Gasteiger partial charge < -0.3 is 10.2 Å². The van der Waals surface area contributed by atoms with Gasteiger partial charge in [0.25, 0.3) is 0 Å². The summed E-state index contributed by atoms with van der Waals surface area (Å²) in [5.41, 5.74) is 3.99. The van der Waals surface area contributed by atoms with Gasteiger partial charge in [0.1, 0.15) is 5.75 Å². The maximum Gasteiger partial charge on any atom is 0.328 e. The molecule has 0 heterocycles. The number of phenols is 1. The first-order valence-electron chi connectivity index (χ1n) is 10.8. The number of aldehydes is 1. The van der Waals surface area contributed by atoms with Crippen molar-refractivity contribution in [3.05, 3.63) is 59.2 Å². The predicted molar refractivity (Wildman–Crippen MR) is 115 cm³/mol. The van der Waals surface area contributed by atoms with Crippen LogP contribution in [0, 0.1) is 17.8 Å². The first kappa shape index (κ1) is 19.1. The summed E-state index contributed by atoms with van der Waals surface area (Å²) in [6.45, 7) is 0. The molecule has 4 saturated carbocycles. The van der Waals surface area contributed by atoms with Gasteiger partial charge in [-0.05, 0) is 96.6 Å². The number of rotatable bonds is 5. The van der Waals surface area contributed by atoms with Crippen LogP contribution >= 0.6 is 0 Å². The highest BCUT2D eigenvalue weighted by atomic mass is 16.4. The third-order valence-corrected chi connectivity index (χ3v) is 7.54. The third-order valence-electron chi connectivity index (χ3n) is 7.54. The second kappa shape index (κ2) is 7.12. The normalized spacial score (nSPS) is 29.4. The van der Waals surface area contributed by atoms with Crippen LogP contribution in [0.4, 0.5) is 0 Å². The van der Waals surface area contributed by atoms with Crippen molar-refractivity contribution in [3.63, 3.8) is 0 Å². The van der Waals surface area contributed by atoms with Crippen molar-refractivity contribution < 1.29 is 19.8 Å². The lowest BCUT2D eigenvalue weighted by Crippen LogP contribution is -2.48. The Bertz CT molecular complexity index is 996. The van der Waals surface area contributed by atoms with Crippen molar-refractivity contribution in [2.45, 2.75) is 43.9 Å². The smallest absolute Gasteiger partial charge is 0.328 e. The highest BCUT2D eigenvalue weighted by molar-refractivity contribution is 5.86. The van der Waals surface area contributed by atoms with Crippen molar-refractivity contribution in [1.82, 2.24) is 0 Å². The number of hydrogen-bond acceptors (Lipinski definition) is 3. The Kier molecular flexibility index (Phi) is 4.53. The van der Waals surface area contributed by atoms with Gasteiger partial charge in [0.2, 0.25) is 0 Å². The van der Waals surface area contributed by atoms with Gasteiger partial charge in [-0.15, -0.1) is 0 Å². The number of benzene rings is 2. The standard InChI is InChI=1S/C26H26O4/c27-15-22-10-21(20-4-1-16(2-5-20)3-6-24(28)29)11-23(25(22)30)26-12-17-7-18(13-26)9-19(8-17)14-26/h1-6,10-11,15,17-19,30H,7-9,12-14H2,(H,28,29)/b6-3+. The van der Waals surface area contributed by atoms with Gasteiger partial charge in [-0.1, -0.05) is 24.3 Å². The van der Waals surface area contributed by atoms with Crippen LogP contribution in [0.25, 0.3) is 17.2 Å². The van der Waals surface area contributed by atoms with E-state index in [1.807, 2.05) is 24.3 Å². The molecule has 4 aliphatic carbocycles. The lowest BCUT2D eigenvalue weighted by Gasteiger charge is -2.57. The molecule has 4 heteroatoms. The number of aliphatic carboxylic acids is 1. The average molecular weight is 402 g/mol. The van der Waals surface area contributed by atoms with Crippen LogP contribution in [0.2, 0.25) is 0 Å². The molecule has 0 aliphatic heterocycles. The second-order valence-electron chi connectivity index (χ2n) is 9.57. The maximum absolute atomic E-state index is 11.8. The molecule has 0 amide bonds. The van der Waals surface area contributed by atoms with Gasteiger partial charge in [-0.2, -0.15) is 0 Å². The first-order chi connectivity index (χ1) is 14.5. The molecular weight excluding hydrogens is 376 g/mol. The van der Waals surface area contributed by atoms with Crippen molar-refractivity contribution in [2.75, 3.05) is 0 Å². The average Bonchev–Trinajstić information content (AvgIpc) is 2.72. The summed E-state index contributed by atoms with van der Waals surface area (Å²) < 4.78 is 0. The van der Waals surface area contributed by atoms with Crippen molar-refractivity contribution in [3.8, 4) is 16.9 Å². The van der Waals surface area contributed by atoms with E-state index in [0.717, 1.165) is 71.6 Å². The quantitative estimate of drug-likeness (QED) is 0.516. The minimum Gasteiger partial charge on any atom is -0.507 e. The molecule has 0 spiro atoms. The number of phenolic OH excluding ortho intramolecular Hbond substituents is 1. The van der Waals surface area contributed by atoms with E-state index in [1.165, 1.54) is 19.3 Å². The fourth-order valence-electron chi connectivity index (χ4n) is 6.71. The molecular formula is C26H26O4. The number of carbonyl (C=O) groups is 2. The highest BCUT2D eigenvalue weighted by Crippen LogP contribution is 2.62. The molecule has 30 heavy (non-hydrogen) atoms. The third kappa shape index (κ3) is 3.24. The number of aromatic hydroxyl groups is 1. The molecule has 0 atom stereocenters. The van der Waals surface area contributed by atoms with E-state index < -0.39 is 5.97 Å².